The van der Waals surface area contributed by atoms with E-state index in [1.54, 1.807) is 24.3 Å². The van der Waals surface area contributed by atoms with Crippen molar-refractivity contribution < 1.29 is 8.42 Å². The van der Waals surface area contributed by atoms with Gasteiger partial charge in [0, 0.05) is 11.6 Å². The Labute approximate surface area is 101 Å². The van der Waals surface area contributed by atoms with E-state index in [1.807, 2.05) is 0 Å². The molecule has 2 rings (SSSR count). The molecule has 1 aliphatic heterocycles. The summed E-state index contributed by atoms with van der Waals surface area (Å²) in [7, 11) is -3.20. The van der Waals surface area contributed by atoms with Crippen molar-refractivity contribution in [1.29, 1.82) is 0 Å². The molecule has 1 aliphatic rings. The highest BCUT2D eigenvalue weighted by Gasteiger charge is 2.28. The molecule has 1 fully saturated rings. The number of benzene rings is 1. The molecule has 16 heavy (non-hydrogen) atoms. The van der Waals surface area contributed by atoms with E-state index in [0.717, 1.165) is 19.4 Å². The third-order valence-corrected chi connectivity index (χ3v) is 5.29. The maximum atomic E-state index is 12.2. The van der Waals surface area contributed by atoms with Crippen LogP contribution in [0.25, 0.3) is 0 Å². The van der Waals surface area contributed by atoms with Gasteiger partial charge in [0.1, 0.15) is 0 Å². The fourth-order valence-corrected chi connectivity index (χ4v) is 3.74. The topological polar surface area (TPSA) is 46.2 Å². The fourth-order valence-electron chi connectivity index (χ4n) is 1.90. The minimum absolute atomic E-state index is 0.303. The third-order valence-electron chi connectivity index (χ3n) is 2.83. The number of hydrogen-bond donors (Lipinski definition) is 1. The van der Waals surface area contributed by atoms with Crippen LogP contribution < -0.4 is 5.32 Å². The van der Waals surface area contributed by atoms with E-state index in [2.05, 4.69) is 5.32 Å². The van der Waals surface area contributed by atoms with Crippen molar-refractivity contribution >= 4 is 21.4 Å². The molecule has 1 saturated heterocycles. The van der Waals surface area contributed by atoms with Gasteiger partial charge in [-0.05, 0) is 43.7 Å². The average Bonchev–Trinajstić information content (AvgIpc) is 2.31. The maximum absolute atomic E-state index is 12.2. The van der Waals surface area contributed by atoms with Crippen LogP contribution in [0.2, 0.25) is 5.02 Å². The van der Waals surface area contributed by atoms with Gasteiger partial charge < -0.3 is 5.32 Å². The SMILES string of the molecule is O=S(=O)(c1ccc(Cl)cc1)C1CCCNC1. The molecule has 1 heterocycles. The van der Waals surface area contributed by atoms with Gasteiger partial charge in [0.25, 0.3) is 0 Å². The lowest BCUT2D eigenvalue weighted by atomic mass is 10.2. The minimum Gasteiger partial charge on any atom is -0.315 e. The van der Waals surface area contributed by atoms with Gasteiger partial charge in [0.15, 0.2) is 9.84 Å². The number of halogens is 1. The predicted octanol–water partition coefficient (Wildman–Crippen LogP) is 1.87. The molecular formula is C11H14ClNO2S. The maximum Gasteiger partial charge on any atom is 0.182 e. The second kappa shape index (κ2) is 4.73. The molecular weight excluding hydrogens is 246 g/mol. The van der Waals surface area contributed by atoms with Crippen molar-refractivity contribution in [2.75, 3.05) is 13.1 Å². The first-order valence-corrected chi connectivity index (χ1v) is 7.23. The van der Waals surface area contributed by atoms with Gasteiger partial charge in [-0.1, -0.05) is 11.6 Å². The first kappa shape index (κ1) is 11.9. The molecule has 88 valence electrons. The van der Waals surface area contributed by atoms with Gasteiger partial charge in [-0.25, -0.2) is 8.42 Å². The van der Waals surface area contributed by atoms with Crippen LogP contribution in [-0.2, 0) is 9.84 Å². The smallest absolute Gasteiger partial charge is 0.182 e. The summed E-state index contributed by atoms with van der Waals surface area (Å²) >= 11 is 5.74. The Hall–Kier alpha value is -0.580. The third kappa shape index (κ3) is 2.39. The van der Waals surface area contributed by atoms with Gasteiger partial charge in [-0.15, -0.1) is 0 Å². The second-order valence-electron chi connectivity index (χ2n) is 3.97. The molecule has 1 N–H and O–H groups in total. The zero-order valence-electron chi connectivity index (χ0n) is 8.82. The molecule has 0 amide bonds. The molecule has 0 bridgehead atoms. The first-order chi connectivity index (χ1) is 7.60. The largest absolute Gasteiger partial charge is 0.315 e. The molecule has 0 aliphatic carbocycles. The Morgan fingerprint density at radius 1 is 1.25 bits per heavy atom. The van der Waals surface area contributed by atoms with Gasteiger partial charge in [-0.2, -0.15) is 0 Å². The summed E-state index contributed by atoms with van der Waals surface area (Å²) in [4.78, 5) is 0.366. The quantitative estimate of drug-likeness (QED) is 0.882. The second-order valence-corrected chi connectivity index (χ2v) is 6.63. The van der Waals surface area contributed by atoms with Crippen molar-refractivity contribution in [2.24, 2.45) is 0 Å². The Kier molecular flexibility index (Phi) is 3.52. The number of piperidine rings is 1. The normalized spacial score (nSPS) is 21.9. The van der Waals surface area contributed by atoms with Crippen LogP contribution in [0.1, 0.15) is 12.8 Å². The molecule has 5 heteroatoms. The summed E-state index contributed by atoms with van der Waals surface area (Å²) in [6.07, 6.45) is 1.65. The van der Waals surface area contributed by atoms with E-state index in [4.69, 9.17) is 11.6 Å². The highest BCUT2D eigenvalue weighted by Crippen LogP contribution is 2.22. The van der Waals surface area contributed by atoms with Crippen molar-refractivity contribution in [3.05, 3.63) is 29.3 Å². The molecule has 0 aromatic heterocycles. The van der Waals surface area contributed by atoms with Gasteiger partial charge in [0.05, 0.1) is 10.1 Å². The minimum atomic E-state index is -3.20. The Bertz CT molecular complexity index is 449. The number of hydrogen-bond acceptors (Lipinski definition) is 3. The average molecular weight is 260 g/mol. The van der Waals surface area contributed by atoms with Crippen LogP contribution in [0.5, 0.6) is 0 Å². The van der Waals surface area contributed by atoms with Crippen LogP contribution in [0.3, 0.4) is 0 Å². The number of nitrogens with one attached hydrogen (secondary N) is 1. The van der Waals surface area contributed by atoms with Crippen molar-refractivity contribution in [3.63, 3.8) is 0 Å². The number of sulfone groups is 1. The summed E-state index contributed by atoms with van der Waals surface area (Å²) in [6.45, 7) is 1.46. The molecule has 1 aromatic carbocycles. The Balaban J connectivity index is 2.27. The molecule has 1 atom stereocenters. The highest BCUT2D eigenvalue weighted by atomic mass is 35.5. The Morgan fingerprint density at radius 3 is 2.50 bits per heavy atom. The van der Waals surface area contributed by atoms with E-state index in [-0.39, 0.29) is 5.25 Å². The standard InChI is InChI=1S/C11H14ClNO2S/c12-9-3-5-10(6-4-9)16(14,15)11-2-1-7-13-8-11/h3-6,11,13H,1-2,7-8H2. The van der Waals surface area contributed by atoms with Crippen molar-refractivity contribution in [1.82, 2.24) is 5.32 Å². The molecule has 0 saturated carbocycles. The van der Waals surface area contributed by atoms with Gasteiger partial charge in [-0.3, -0.25) is 0 Å². The summed E-state index contributed by atoms with van der Waals surface area (Å²) in [5.74, 6) is 0. The van der Waals surface area contributed by atoms with E-state index in [1.165, 1.54) is 0 Å². The summed E-state index contributed by atoms with van der Waals surface area (Å²) < 4.78 is 24.4. The lowest BCUT2D eigenvalue weighted by Crippen LogP contribution is -2.38. The van der Waals surface area contributed by atoms with Crippen LogP contribution in [-0.4, -0.2) is 26.8 Å². The lowest BCUT2D eigenvalue weighted by Gasteiger charge is -2.22. The van der Waals surface area contributed by atoms with Crippen LogP contribution in [0.15, 0.2) is 29.2 Å². The highest BCUT2D eigenvalue weighted by molar-refractivity contribution is 7.92. The summed E-state index contributed by atoms with van der Waals surface area (Å²) in [6, 6.07) is 6.38. The fraction of sp³-hybridized carbons (Fsp3) is 0.455. The van der Waals surface area contributed by atoms with Crippen LogP contribution in [0.4, 0.5) is 0 Å². The molecule has 0 radical (unpaired) electrons. The van der Waals surface area contributed by atoms with E-state index < -0.39 is 9.84 Å². The Morgan fingerprint density at radius 2 is 1.94 bits per heavy atom. The predicted molar refractivity (Wildman–Crippen MR) is 64.5 cm³/mol. The first-order valence-electron chi connectivity index (χ1n) is 5.31. The zero-order chi connectivity index (χ0) is 11.6. The molecule has 3 nitrogen and oxygen atoms in total. The van der Waals surface area contributed by atoms with Crippen LogP contribution >= 0.6 is 11.6 Å². The van der Waals surface area contributed by atoms with E-state index in [0.29, 0.717) is 16.5 Å². The lowest BCUT2D eigenvalue weighted by molar-refractivity contribution is 0.497. The molecule has 0 spiro atoms. The zero-order valence-corrected chi connectivity index (χ0v) is 10.4. The molecule has 1 aromatic rings. The summed E-state index contributed by atoms with van der Waals surface area (Å²) in [5, 5.41) is 3.37. The van der Waals surface area contributed by atoms with Crippen LogP contribution in [0, 0.1) is 0 Å². The summed E-state index contributed by atoms with van der Waals surface area (Å²) in [5.41, 5.74) is 0. The van der Waals surface area contributed by atoms with Gasteiger partial charge in [0.2, 0.25) is 0 Å². The van der Waals surface area contributed by atoms with Crippen molar-refractivity contribution in [2.45, 2.75) is 23.0 Å². The van der Waals surface area contributed by atoms with Gasteiger partial charge >= 0.3 is 0 Å². The van der Waals surface area contributed by atoms with E-state index >= 15 is 0 Å². The molecule has 1 unspecified atom stereocenters. The van der Waals surface area contributed by atoms with Crippen molar-refractivity contribution in [3.8, 4) is 0 Å². The monoisotopic (exact) mass is 259 g/mol. The number of rotatable bonds is 2. The van der Waals surface area contributed by atoms with E-state index in [9.17, 15) is 8.42 Å².